The van der Waals surface area contributed by atoms with Crippen molar-refractivity contribution in [3.63, 3.8) is 0 Å². The molecular weight excluding hydrogens is 280 g/mol. The van der Waals surface area contributed by atoms with Crippen molar-refractivity contribution in [3.05, 3.63) is 60.7 Å². The second-order valence-electron chi connectivity index (χ2n) is 4.51. The summed E-state index contributed by atoms with van der Waals surface area (Å²) in [5, 5.41) is 0. The molecule has 22 heavy (non-hydrogen) atoms. The number of esters is 1. The van der Waals surface area contributed by atoms with Crippen molar-refractivity contribution < 1.29 is 19.0 Å². The number of hydrogen-bond donors (Lipinski definition) is 0. The molecule has 1 rings (SSSR count). The van der Waals surface area contributed by atoms with Crippen LogP contribution in [0.15, 0.2) is 44.0 Å². The van der Waals surface area contributed by atoms with Crippen LogP contribution in [-0.4, -0.2) is 26.8 Å². The lowest BCUT2D eigenvalue weighted by Gasteiger charge is -2.18. The zero-order valence-electron chi connectivity index (χ0n) is 13.2. The van der Waals surface area contributed by atoms with E-state index in [-0.39, 0.29) is 12.2 Å². The predicted molar refractivity (Wildman–Crippen MR) is 87.8 cm³/mol. The van der Waals surface area contributed by atoms with E-state index in [9.17, 15) is 4.79 Å². The number of hydrogen-bond acceptors (Lipinski definition) is 4. The van der Waals surface area contributed by atoms with Gasteiger partial charge in [0.1, 0.15) is 23.7 Å². The molecule has 0 radical (unpaired) electrons. The first-order valence-electron chi connectivity index (χ1n) is 6.91. The van der Waals surface area contributed by atoms with Crippen LogP contribution in [0.1, 0.15) is 21.5 Å². The van der Waals surface area contributed by atoms with Crippen molar-refractivity contribution in [3.8, 4) is 11.5 Å². The Morgan fingerprint density at radius 2 is 1.50 bits per heavy atom. The van der Waals surface area contributed by atoms with Crippen LogP contribution in [0.3, 0.4) is 0 Å². The molecule has 4 heteroatoms. The van der Waals surface area contributed by atoms with Gasteiger partial charge in [0.25, 0.3) is 0 Å². The maximum Gasteiger partial charge on any atom is 0.346 e. The Balaban J connectivity index is 3.56. The van der Waals surface area contributed by atoms with Crippen molar-refractivity contribution in [2.75, 3.05) is 20.8 Å². The van der Waals surface area contributed by atoms with E-state index < -0.39 is 5.97 Å². The van der Waals surface area contributed by atoms with Gasteiger partial charge in [0, 0.05) is 0 Å². The van der Waals surface area contributed by atoms with E-state index in [1.807, 2.05) is 6.07 Å². The fraction of sp³-hybridized carbons (Fsp3) is 0.278. The number of allylic oxidation sites excluding steroid dienone is 2. The SMILES string of the molecule is C=CCOC(=O)c1c(OC)c(CC=C)cc(CC=C)c1OC. The van der Waals surface area contributed by atoms with Crippen LogP contribution in [0.4, 0.5) is 0 Å². The molecule has 0 heterocycles. The zero-order chi connectivity index (χ0) is 16.5. The van der Waals surface area contributed by atoms with Crippen molar-refractivity contribution in [1.82, 2.24) is 0 Å². The highest BCUT2D eigenvalue weighted by Gasteiger charge is 2.25. The molecule has 0 fully saturated rings. The number of benzene rings is 1. The Bertz CT molecular complexity index is 537. The minimum Gasteiger partial charge on any atom is -0.495 e. The molecular formula is C18H22O4. The third-order valence-electron chi connectivity index (χ3n) is 3.06. The molecule has 0 spiro atoms. The van der Waals surface area contributed by atoms with E-state index in [0.717, 1.165) is 11.1 Å². The van der Waals surface area contributed by atoms with Gasteiger partial charge in [0.05, 0.1) is 14.2 Å². The minimum absolute atomic E-state index is 0.119. The number of ether oxygens (including phenoxy) is 3. The molecule has 0 bridgehead atoms. The van der Waals surface area contributed by atoms with Gasteiger partial charge in [-0.05, 0) is 30.0 Å². The number of carbonyl (C=O) groups is 1. The van der Waals surface area contributed by atoms with E-state index in [1.54, 1.807) is 12.2 Å². The van der Waals surface area contributed by atoms with Crippen molar-refractivity contribution >= 4 is 5.97 Å². The summed E-state index contributed by atoms with van der Waals surface area (Å²) in [5.41, 5.74) is 1.98. The lowest BCUT2D eigenvalue weighted by atomic mass is 9.98. The predicted octanol–water partition coefficient (Wildman–Crippen LogP) is 3.50. The fourth-order valence-electron chi connectivity index (χ4n) is 2.24. The van der Waals surface area contributed by atoms with Crippen LogP contribution in [-0.2, 0) is 17.6 Å². The van der Waals surface area contributed by atoms with Crippen LogP contribution >= 0.6 is 0 Å². The first-order valence-corrected chi connectivity index (χ1v) is 6.91. The quantitative estimate of drug-likeness (QED) is 0.517. The monoisotopic (exact) mass is 302 g/mol. The maximum atomic E-state index is 12.4. The van der Waals surface area contributed by atoms with Crippen LogP contribution in [0.25, 0.3) is 0 Å². The highest BCUT2D eigenvalue weighted by atomic mass is 16.5. The molecule has 4 nitrogen and oxygen atoms in total. The molecule has 0 aliphatic rings. The number of rotatable bonds is 9. The molecule has 1 aromatic carbocycles. The molecule has 0 aromatic heterocycles. The summed E-state index contributed by atoms with van der Waals surface area (Å²) >= 11 is 0. The molecule has 0 amide bonds. The molecule has 0 unspecified atom stereocenters. The second-order valence-corrected chi connectivity index (χ2v) is 4.51. The highest BCUT2D eigenvalue weighted by molar-refractivity contribution is 5.97. The summed E-state index contributed by atoms with van der Waals surface area (Å²) in [6, 6.07) is 1.94. The standard InChI is InChI=1S/C18H22O4/c1-6-9-13-12-14(10-7-2)17(21-5)15(16(13)20-4)18(19)22-11-8-3/h6-8,12H,1-3,9-11H2,4-5H3. The average Bonchev–Trinajstić information content (AvgIpc) is 2.52. The molecule has 1 aromatic rings. The smallest absolute Gasteiger partial charge is 0.346 e. The number of methoxy groups -OCH3 is 2. The topological polar surface area (TPSA) is 44.8 Å². The molecule has 0 aliphatic heterocycles. The van der Waals surface area contributed by atoms with E-state index in [2.05, 4.69) is 19.7 Å². The lowest BCUT2D eigenvalue weighted by molar-refractivity contribution is 0.0542. The van der Waals surface area contributed by atoms with Gasteiger partial charge in [-0.2, -0.15) is 0 Å². The van der Waals surface area contributed by atoms with E-state index in [4.69, 9.17) is 14.2 Å². The van der Waals surface area contributed by atoms with Gasteiger partial charge in [-0.25, -0.2) is 4.79 Å². The summed E-state index contributed by atoms with van der Waals surface area (Å²) in [6.45, 7) is 11.1. The average molecular weight is 302 g/mol. The van der Waals surface area contributed by atoms with Gasteiger partial charge in [-0.15, -0.1) is 13.2 Å². The third-order valence-corrected chi connectivity index (χ3v) is 3.06. The Hall–Kier alpha value is -2.49. The third kappa shape index (κ3) is 3.79. The normalized spacial score (nSPS) is 9.73. The molecule has 0 aliphatic carbocycles. The summed E-state index contributed by atoms with van der Waals surface area (Å²) in [5.74, 6) is 0.377. The lowest BCUT2D eigenvalue weighted by Crippen LogP contribution is -2.12. The van der Waals surface area contributed by atoms with E-state index in [1.165, 1.54) is 20.3 Å². The first kappa shape index (κ1) is 17.6. The Labute approximate surface area is 131 Å². The fourth-order valence-corrected chi connectivity index (χ4v) is 2.24. The molecule has 0 N–H and O–H groups in total. The Morgan fingerprint density at radius 1 is 1.00 bits per heavy atom. The van der Waals surface area contributed by atoms with Crippen molar-refractivity contribution in [2.45, 2.75) is 12.8 Å². The molecule has 0 saturated heterocycles. The van der Waals surface area contributed by atoms with Gasteiger partial charge >= 0.3 is 5.97 Å². The zero-order valence-corrected chi connectivity index (χ0v) is 13.2. The summed E-state index contributed by atoms with van der Waals surface area (Å²) in [6.07, 6.45) is 6.15. The van der Waals surface area contributed by atoms with Gasteiger partial charge in [0.15, 0.2) is 0 Å². The van der Waals surface area contributed by atoms with Gasteiger partial charge < -0.3 is 14.2 Å². The molecule has 118 valence electrons. The summed E-state index contributed by atoms with van der Waals surface area (Å²) in [4.78, 5) is 12.4. The van der Waals surface area contributed by atoms with Crippen LogP contribution in [0.5, 0.6) is 11.5 Å². The van der Waals surface area contributed by atoms with Gasteiger partial charge in [0.2, 0.25) is 0 Å². The van der Waals surface area contributed by atoms with Crippen molar-refractivity contribution in [2.24, 2.45) is 0 Å². The van der Waals surface area contributed by atoms with Gasteiger partial charge in [-0.3, -0.25) is 0 Å². The first-order chi connectivity index (χ1) is 10.6. The van der Waals surface area contributed by atoms with Crippen molar-refractivity contribution in [1.29, 1.82) is 0 Å². The Kier molecular flexibility index (Phi) is 6.96. The molecule has 0 saturated carbocycles. The van der Waals surface area contributed by atoms with Crippen LogP contribution < -0.4 is 9.47 Å². The van der Waals surface area contributed by atoms with Crippen LogP contribution in [0.2, 0.25) is 0 Å². The van der Waals surface area contributed by atoms with Gasteiger partial charge in [-0.1, -0.05) is 24.8 Å². The summed E-state index contributed by atoms with van der Waals surface area (Å²) < 4.78 is 16.0. The Morgan fingerprint density at radius 3 is 1.86 bits per heavy atom. The van der Waals surface area contributed by atoms with E-state index >= 15 is 0 Å². The van der Waals surface area contributed by atoms with Crippen LogP contribution in [0, 0.1) is 0 Å². The molecule has 0 atom stereocenters. The second kappa shape index (κ2) is 8.72. The maximum absolute atomic E-state index is 12.4. The van der Waals surface area contributed by atoms with E-state index in [0.29, 0.717) is 24.3 Å². The minimum atomic E-state index is -0.509. The summed E-state index contributed by atoms with van der Waals surface area (Å²) in [7, 11) is 3.03. The number of carbonyl (C=O) groups excluding carboxylic acids is 1. The largest absolute Gasteiger partial charge is 0.495 e. The highest BCUT2D eigenvalue weighted by Crippen LogP contribution is 2.37.